The normalized spacial score (nSPS) is 18.1. The first-order valence-corrected chi connectivity index (χ1v) is 11.7. The molecule has 0 atom stereocenters. The molecule has 2 fully saturated rings. The highest BCUT2D eigenvalue weighted by Gasteiger charge is 2.31. The molecular weight excluding hydrogens is 404 g/mol. The van der Waals surface area contributed by atoms with E-state index in [0.29, 0.717) is 45.0 Å². The van der Waals surface area contributed by atoms with E-state index >= 15 is 0 Å². The van der Waals surface area contributed by atoms with Crippen molar-refractivity contribution in [3.63, 3.8) is 0 Å². The molecule has 0 aliphatic carbocycles. The maximum atomic E-state index is 13.1. The van der Waals surface area contributed by atoms with Gasteiger partial charge in [-0.05, 0) is 31.0 Å². The third kappa shape index (κ3) is 3.91. The van der Waals surface area contributed by atoms with Gasteiger partial charge in [-0.15, -0.1) is 0 Å². The van der Waals surface area contributed by atoms with E-state index in [2.05, 4.69) is 4.90 Å². The third-order valence-electron chi connectivity index (χ3n) is 5.89. The number of ether oxygens (including phenoxy) is 1. The molecule has 30 heavy (non-hydrogen) atoms. The van der Waals surface area contributed by atoms with E-state index in [1.165, 1.54) is 10.4 Å². The van der Waals surface area contributed by atoms with Gasteiger partial charge in [-0.3, -0.25) is 4.79 Å². The Morgan fingerprint density at radius 3 is 2.37 bits per heavy atom. The van der Waals surface area contributed by atoms with E-state index in [1.807, 2.05) is 24.3 Å². The number of sulfonamides is 1. The molecule has 162 valence electrons. The first-order valence-electron chi connectivity index (χ1n) is 10.2. The number of hydrogen-bond donors (Lipinski definition) is 0. The lowest BCUT2D eigenvalue weighted by molar-refractivity contribution is 0.0737. The van der Waals surface area contributed by atoms with Gasteiger partial charge in [0.2, 0.25) is 10.0 Å². The quantitative estimate of drug-likeness (QED) is 0.720. The Morgan fingerprint density at radius 1 is 1.00 bits per heavy atom. The molecule has 4 rings (SSSR count). The Hall–Kier alpha value is -2.52. The average molecular weight is 433 g/mol. The van der Waals surface area contributed by atoms with Crippen LogP contribution in [0.5, 0.6) is 5.75 Å². The lowest BCUT2D eigenvalue weighted by atomic mass is 10.2. The van der Waals surface area contributed by atoms with E-state index in [0.717, 1.165) is 24.3 Å². The highest BCUT2D eigenvalue weighted by Crippen LogP contribution is 2.25. The Balaban J connectivity index is 1.45. The van der Waals surface area contributed by atoms with Gasteiger partial charge in [-0.1, -0.05) is 6.07 Å². The molecule has 0 spiro atoms. The van der Waals surface area contributed by atoms with Crippen LogP contribution in [0.3, 0.4) is 0 Å². The molecular formula is C21H28N4O4S. The van der Waals surface area contributed by atoms with E-state index in [9.17, 15) is 13.2 Å². The van der Waals surface area contributed by atoms with Gasteiger partial charge in [0.15, 0.2) is 0 Å². The number of benzene rings is 1. The molecule has 2 aliphatic rings. The van der Waals surface area contributed by atoms with Gasteiger partial charge < -0.3 is 19.1 Å². The molecule has 2 aliphatic heterocycles. The Labute approximate surface area is 177 Å². The van der Waals surface area contributed by atoms with E-state index in [1.54, 1.807) is 29.8 Å². The zero-order valence-corrected chi connectivity index (χ0v) is 18.3. The van der Waals surface area contributed by atoms with Crippen LogP contribution in [0.15, 0.2) is 41.4 Å². The fourth-order valence-electron chi connectivity index (χ4n) is 4.10. The fraction of sp³-hybridized carbons (Fsp3) is 0.476. The molecule has 0 radical (unpaired) electrons. The maximum Gasteiger partial charge on any atom is 0.270 e. The minimum Gasteiger partial charge on any atom is -0.497 e. The molecule has 1 aromatic heterocycles. The van der Waals surface area contributed by atoms with Crippen LogP contribution in [0.4, 0.5) is 5.69 Å². The van der Waals surface area contributed by atoms with Gasteiger partial charge >= 0.3 is 0 Å². The van der Waals surface area contributed by atoms with Gasteiger partial charge in [0, 0.05) is 64.3 Å². The Morgan fingerprint density at radius 2 is 1.70 bits per heavy atom. The number of carbonyl (C=O) groups excluding carboxylic acids is 1. The number of aromatic nitrogens is 1. The van der Waals surface area contributed by atoms with E-state index in [-0.39, 0.29) is 10.8 Å². The van der Waals surface area contributed by atoms with Gasteiger partial charge in [-0.25, -0.2) is 8.42 Å². The van der Waals surface area contributed by atoms with Gasteiger partial charge in [-0.2, -0.15) is 4.31 Å². The largest absolute Gasteiger partial charge is 0.497 e. The Kier molecular flexibility index (Phi) is 5.75. The van der Waals surface area contributed by atoms with Crippen LogP contribution in [0, 0.1) is 0 Å². The van der Waals surface area contributed by atoms with Crippen molar-refractivity contribution in [3.8, 4) is 5.75 Å². The standard InChI is InChI=1S/C21H28N4O4S/c1-22-16-19(30(27,28)25-8-3-4-9-25)15-20(22)21(26)24-12-10-23(11-13-24)17-6-5-7-18(14-17)29-2/h5-7,14-16H,3-4,8-13H2,1-2H3. The number of nitrogens with zero attached hydrogens (tertiary/aromatic N) is 4. The molecule has 3 heterocycles. The zero-order valence-electron chi connectivity index (χ0n) is 17.5. The topological polar surface area (TPSA) is 75.1 Å². The monoisotopic (exact) mass is 432 g/mol. The number of rotatable bonds is 5. The van der Waals surface area contributed by atoms with Crippen molar-refractivity contribution in [2.45, 2.75) is 17.7 Å². The zero-order chi connectivity index (χ0) is 21.3. The highest BCUT2D eigenvalue weighted by atomic mass is 32.2. The van der Waals surface area contributed by atoms with Crippen LogP contribution < -0.4 is 9.64 Å². The van der Waals surface area contributed by atoms with Crippen LogP contribution in [0.2, 0.25) is 0 Å². The third-order valence-corrected chi connectivity index (χ3v) is 7.75. The summed E-state index contributed by atoms with van der Waals surface area (Å²) in [6.45, 7) is 3.68. The summed E-state index contributed by atoms with van der Waals surface area (Å²) in [5.74, 6) is 0.673. The summed E-state index contributed by atoms with van der Waals surface area (Å²) in [5.41, 5.74) is 1.47. The molecule has 8 nitrogen and oxygen atoms in total. The van der Waals surface area contributed by atoms with Crippen molar-refractivity contribution in [2.24, 2.45) is 7.05 Å². The summed E-state index contributed by atoms with van der Waals surface area (Å²) in [6, 6.07) is 9.41. The van der Waals surface area contributed by atoms with Crippen molar-refractivity contribution in [3.05, 3.63) is 42.2 Å². The minimum atomic E-state index is -3.53. The van der Waals surface area contributed by atoms with Crippen LogP contribution in [0.1, 0.15) is 23.3 Å². The number of methoxy groups -OCH3 is 1. The maximum absolute atomic E-state index is 13.1. The highest BCUT2D eigenvalue weighted by molar-refractivity contribution is 7.89. The van der Waals surface area contributed by atoms with Crippen LogP contribution in [0.25, 0.3) is 0 Å². The lowest BCUT2D eigenvalue weighted by Gasteiger charge is -2.36. The second-order valence-corrected chi connectivity index (χ2v) is 9.70. The second-order valence-electron chi connectivity index (χ2n) is 7.76. The number of anilines is 1. The molecule has 0 saturated carbocycles. The fourth-order valence-corrected chi connectivity index (χ4v) is 5.69. The summed E-state index contributed by atoms with van der Waals surface area (Å²) in [4.78, 5) is 17.3. The van der Waals surface area contributed by atoms with Crippen LogP contribution in [-0.2, 0) is 17.1 Å². The van der Waals surface area contributed by atoms with Gasteiger partial charge in [0.05, 0.1) is 7.11 Å². The number of carbonyl (C=O) groups is 1. The summed E-state index contributed by atoms with van der Waals surface area (Å²) in [6.07, 6.45) is 3.32. The molecule has 0 N–H and O–H groups in total. The lowest BCUT2D eigenvalue weighted by Crippen LogP contribution is -2.49. The van der Waals surface area contributed by atoms with Crippen LogP contribution in [-0.4, -0.2) is 74.5 Å². The smallest absolute Gasteiger partial charge is 0.270 e. The van der Waals surface area contributed by atoms with Crippen molar-refractivity contribution >= 4 is 21.6 Å². The van der Waals surface area contributed by atoms with Crippen molar-refractivity contribution in [1.82, 2.24) is 13.8 Å². The second kappa shape index (κ2) is 8.31. The number of hydrogen-bond acceptors (Lipinski definition) is 5. The van der Waals surface area contributed by atoms with E-state index < -0.39 is 10.0 Å². The van der Waals surface area contributed by atoms with Gasteiger partial charge in [0.25, 0.3) is 5.91 Å². The number of amides is 1. The summed E-state index contributed by atoms with van der Waals surface area (Å²) in [7, 11) is -0.163. The number of aryl methyl sites for hydroxylation is 1. The predicted molar refractivity (Wildman–Crippen MR) is 115 cm³/mol. The molecule has 0 unspecified atom stereocenters. The van der Waals surface area contributed by atoms with Crippen LogP contribution >= 0.6 is 0 Å². The average Bonchev–Trinajstić information content (AvgIpc) is 3.44. The first-order chi connectivity index (χ1) is 14.4. The van der Waals surface area contributed by atoms with E-state index in [4.69, 9.17) is 4.74 Å². The summed E-state index contributed by atoms with van der Waals surface area (Å²) in [5, 5.41) is 0. The minimum absolute atomic E-state index is 0.134. The van der Waals surface area contributed by atoms with Crippen molar-refractivity contribution in [2.75, 3.05) is 51.3 Å². The Bertz CT molecular complexity index is 1020. The molecule has 2 saturated heterocycles. The molecule has 9 heteroatoms. The summed E-state index contributed by atoms with van der Waals surface area (Å²) < 4.78 is 34.1. The number of piperazine rings is 1. The SMILES string of the molecule is COc1cccc(N2CCN(C(=O)c3cc(S(=O)(=O)N4CCCC4)cn3C)CC2)c1. The van der Waals surface area contributed by atoms with Gasteiger partial charge in [0.1, 0.15) is 16.3 Å². The first kappa shape index (κ1) is 20.7. The molecule has 1 amide bonds. The molecule has 2 aromatic rings. The molecule has 1 aromatic carbocycles. The van der Waals surface area contributed by atoms with Crippen molar-refractivity contribution in [1.29, 1.82) is 0 Å². The molecule has 0 bridgehead atoms. The van der Waals surface area contributed by atoms with Crippen molar-refractivity contribution < 1.29 is 17.9 Å². The predicted octanol–water partition coefficient (Wildman–Crippen LogP) is 1.78. The summed E-state index contributed by atoms with van der Waals surface area (Å²) >= 11 is 0.